The first-order chi connectivity index (χ1) is 2.91. The Morgan fingerprint density at radius 1 is 0.875 bits per heavy atom. The molecule has 0 saturated carbocycles. The van der Waals surface area contributed by atoms with Crippen LogP contribution in [0.1, 0.15) is 18.5 Å². The fourth-order valence-corrected chi connectivity index (χ4v) is 0.224. The Balaban J connectivity index is -0.00000000833. The molecule has 0 unspecified atom stereocenters. The summed E-state index contributed by atoms with van der Waals surface area (Å²) in [5.74, 6) is 0. The van der Waals surface area contributed by atoms with Crippen LogP contribution in [0, 0.1) is 0 Å². The van der Waals surface area contributed by atoms with Gasteiger partial charge in [-0.25, -0.2) is 0 Å². The molecule has 0 aromatic rings. The summed E-state index contributed by atoms with van der Waals surface area (Å²) in [7, 11) is 0. The van der Waals surface area contributed by atoms with Crippen molar-refractivity contribution in [2.45, 2.75) is 12.8 Å². The van der Waals surface area contributed by atoms with E-state index in [1.54, 1.807) is 0 Å². The first-order valence-electron chi connectivity index (χ1n) is 2.13. The van der Waals surface area contributed by atoms with E-state index >= 15 is 0 Å². The number of hydrogen-bond acceptors (Lipinski definition) is 2. The monoisotopic (exact) mass is 174 g/mol. The van der Waals surface area contributed by atoms with Gasteiger partial charge in [0.25, 0.3) is 0 Å². The topological polar surface area (TPSA) is 40.5 Å². The normalized spacial score (nSPS) is 6.75. The van der Waals surface area contributed by atoms with Crippen LogP contribution in [-0.2, 0) is 0 Å². The molecule has 2 N–H and O–H groups in total. The minimum Gasteiger partial charge on any atom is -1.00 e. The maximum atomic E-state index is 8.09. The van der Waals surface area contributed by atoms with Gasteiger partial charge in [-0.15, -0.1) is 0 Å². The average Bonchev–Trinajstić information content (AvgIpc) is 1.61. The van der Waals surface area contributed by atoms with Crippen molar-refractivity contribution >= 4 is 75.5 Å². The molecule has 0 aromatic carbocycles. The number of unbranched alkanes of at least 4 members (excludes halogenated alkanes) is 1. The van der Waals surface area contributed by atoms with Crippen LogP contribution >= 0.6 is 0 Å². The number of hydrogen-bond donors (Lipinski definition) is 2. The predicted molar refractivity (Wildman–Crippen MR) is 39.4 cm³/mol. The Kier molecular flexibility index (Phi) is 34.1. The summed E-state index contributed by atoms with van der Waals surface area (Å²) in [6.07, 6.45) is 1.44. The van der Waals surface area contributed by atoms with Crippen molar-refractivity contribution in [2.75, 3.05) is 13.2 Å². The van der Waals surface area contributed by atoms with Crippen molar-refractivity contribution < 1.29 is 15.9 Å². The van der Waals surface area contributed by atoms with E-state index in [9.17, 15) is 0 Å². The van der Waals surface area contributed by atoms with Crippen LogP contribution < -0.4 is 0 Å². The van der Waals surface area contributed by atoms with Gasteiger partial charge in [-0.05, 0) is 12.8 Å². The third-order valence-electron chi connectivity index (χ3n) is 0.566. The zero-order valence-corrected chi connectivity index (χ0v) is 9.55. The van der Waals surface area contributed by atoms with Crippen LogP contribution in [-0.4, -0.2) is 98.9 Å². The number of rotatable bonds is 3. The van der Waals surface area contributed by atoms with E-state index in [0.717, 1.165) is 12.8 Å². The summed E-state index contributed by atoms with van der Waals surface area (Å²) in [6.45, 7) is 0.390. The minimum atomic E-state index is 0. The summed E-state index contributed by atoms with van der Waals surface area (Å²) in [5, 5.41) is 16.2. The Labute approximate surface area is 116 Å². The van der Waals surface area contributed by atoms with Crippen LogP contribution in [0.5, 0.6) is 0 Å². The Morgan fingerprint density at radius 3 is 1.25 bits per heavy atom. The Morgan fingerprint density at radius 2 is 1.12 bits per heavy atom. The molecule has 0 aliphatic rings. The zero-order valence-electron chi connectivity index (χ0n) is 9.14. The molecule has 0 amide bonds. The molecule has 0 radical (unpaired) electrons. The molecule has 0 aromatic heterocycles. The third kappa shape index (κ3) is 15.8. The first-order valence-corrected chi connectivity index (χ1v) is 2.13. The smallest absolute Gasteiger partial charge is 1.00 e. The van der Waals surface area contributed by atoms with E-state index in [1.165, 1.54) is 0 Å². The quantitative estimate of drug-likeness (QED) is 0.445. The van der Waals surface area contributed by atoms with Gasteiger partial charge in [0.15, 0.2) is 0 Å². The summed E-state index contributed by atoms with van der Waals surface area (Å²) in [5.41, 5.74) is 0. The molecule has 0 saturated heterocycles. The minimum absolute atomic E-state index is 0. The van der Waals surface area contributed by atoms with Crippen LogP contribution in [0.4, 0.5) is 0 Å². The standard InChI is InChI=1S/C4H10O2.2Ca.4H/c5-3-1-2-4-6;;;;;;/h5-6H,1-4H2;;;;;;/q;2*+2;4*-1. The van der Waals surface area contributed by atoms with E-state index in [2.05, 4.69) is 0 Å². The van der Waals surface area contributed by atoms with Gasteiger partial charge >= 0.3 is 75.5 Å². The van der Waals surface area contributed by atoms with Gasteiger partial charge < -0.3 is 15.9 Å². The molecule has 0 aliphatic heterocycles. The maximum Gasteiger partial charge on any atom is 2.00 e. The van der Waals surface area contributed by atoms with Gasteiger partial charge in [0, 0.05) is 13.2 Å². The molecular weight excluding hydrogens is 160 g/mol. The molecule has 0 fully saturated rings. The average molecular weight is 174 g/mol. The van der Waals surface area contributed by atoms with Gasteiger partial charge in [0.1, 0.15) is 0 Å². The first kappa shape index (κ1) is 16.8. The fraction of sp³-hybridized carbons (Fsp3) is 1.00. The summed E-state index contributed by atoms with van der Waals surface area (Å²) in [4.78, 5) is 0. The van der Waals surface area contributed by atoms with Crippen LogP contribution in [0.15, 0.2) is 0 Å². The van der Waals surface area contributed by atoms with Gasteiger partial charge in [0.2, 0.25) is 0 Å². The van der Waals surface area contributed by atoms with Gasteiger partial charge in [0.05, 0.1) is 0 Å². The van der Waals surface area contributed by atoms with E-state index in [-0.39, 0.29) is 94.4 Å². The summed E-state index contributed by atoms with van der Waals surface area (Å²) < 4.78 is 0. The fourth-order valence-electron chi connectivity index (χ4n) is 0.224. The molecule has 0 spiro atoms. The van der Waals surface area contributed by atoms with Crippen molar-refractivity contribution in [3.05, 3.63) is 0 Å². The van der Waals surface area contributed by atoms with Crippen LogP contribution in [0.2, 0.25) is 0 Å². The molecule has 0 atom stereocenters. The maximum absolute atomic E-state index is 8.09. The third-order valence-corrected chi connectivity index (χ3v) is 0.566. The molecule has 8 heavy (non-hydrogen) atoms. The largest absolute Gasteiger partial charge is 2.00 e. The van der Waals surface area contributed by atoms with Crippen molar-refractivity contribution in [1.29, 1.82) is 0 Å². The molecule has 0 aliphatic carbocycles. The van der Waals surface area contributed by atoms with Crippen LogP contribution in [0.3, 0.4) is 0 Å². The van der Waals surface area contributed by atoms with E-state index < -0.39 is 0 Å². The summed E-state index contributed by atoms with van der Waals surface area (Å²) in [6, 6.07) is 0. The molecular formula is C4H14Ca2O2. The Hall–Kier alpha value is 2.44. The van der Waals surface area contributed by atoms with Gasteiger partial charge in [-0.1, -0.05) is 0 Å². The molecule has 0 bridgehead atoms. The van der Waals surface area contributed by atoms with Crippen molar-refractivity contribution in [3.63, 3.8) is 0 Å². The van der Waals surface area contributed by atoms with E-state index in [0.29, 0.717) is 0 Å². The second-order valence-electron chi connectivity index (χ2n) is 1.15. The van der Waals surface area contributed by atoms with E-state index in [4.69, 9.17) is 10.2 Å². The molecule has 0 rings (SSSR count). The van der Waals surface area contributed by atoms with Crippen LogP contribution in [0.25, 0.3) is 0 Å². The van der Waals surface area contributed by atoms with Gasteiger partial charge in [-0.3, -0.25) is 0 Å². The second-order valence-corrected chi connectivity index (χ2v) is 1.15. The molecule has 0 heterocycles. The Bertz CT molecular complexity index is 35.0. The van der Waals surface area contributed by atoms with Crippen molar-refractivity contribution in [3.8, 4) is 0 Å². The van der Waals surface area contributed by atoms with Crippen molar-refractivity contribution in [1.82, 2.24) is 0 Å². The van der Waals surface area contributed by atoms with Gasteiger partial charge in [-0.2, -0.15) is 0 Å². The zero-order chi connectivity index (χ0) is 4.83. The molecule has 46 valence electrons. The SMILES string of the molecule is OCCCCO.[Ca+2].[Ca+2].[H-].[H-].[H-].[H-]. The molecule has 4 heteroatoms. The molecule has 2 nitrogen and oxygen atoms in total. The number of aliphatic hydroxyl groups is 2. The number of aliphatic hydroxyl groups excluding tert-OH is 2. The van der Waals surface area contributed by atoms with Crippen molar-refractivity contribution in [2.24, 2.45) is 0 Å². The summed E-state index contributed by atoms with van der Waals surface area (Å²) >= 11 is 0. The predicted octanol–water partition coefficient (Wildman–Crippen LogP) is -0.560. The second kappa shape index (κ2) is 16.2. The van der Waals surface area contributed by atoms with E-state index in [1.807, 2.05) is 0 Å².